The molecular formula is C13H22N3O14P3. The molecule has 2 rings (SSSR count). The van der Waals surface area contributed by atoms with Crippen molar-refractivity contribution in [3.63, 3.8) is 0 Å². The number of hydrogen-bond acceptors (Lipinski definition) is 12. The second-order valence-corrected chi connectivity index (χ2v) is 10.7. The number of anilines is 1. The number of aromatic nitrogens is 2. The molecule has 188 valence electrons. The average Bonchev–Trinajstić information content (AvgIpc) is 3.03. The number of rotatable bonds is 13. The van der Waals surface area contributed by atoms with Crippen LogP contribution in [0, 0.1) is 0 Å². The number of hydrogen-bond donors (Lipinski definition) is 5. The molecule has 0 spiro atoms. The first-order valence-corrected chi connectivity index (χ1v) is 13.3. The minimum atomic E-state index is -5.68. The lowest BCUT2D eigenvalue weighted by Gasteiger charge is -2.21. The third kappa shape index (κ3) is 9.47. The van der Waals surface area contributed by atoms with Gasteiger partial charge in [-0.05, 0) is 6.07 Å². The highest BCUT2D eigenvalue weighted by Gasteiger charge is 2.43. The lowest BCUT2D eigenvalue weighted by atomic mass is 10.2. The SMILES string of the molecule is C=CCOCOC1C[C@H](n2ccc(N)nc2=O)O[C@@H]1COP(=O)(O)OP(=O)(O)OP(=O)(O)O. The van der Waals surface area contributed by atoms with Gasteiger partial charge in [0.15, 0.2) is 0 Å². The molecule has 0 saturated carbocycles. The molecule has 0 radical (unpaired) electrons. The number of ether oxygens (including phenoxy) is 3. The highest BCUT2D eigenvalue weighted by Crippen LogP contribution is 2.66. The zero-order valence-corrected chi connectivity index (χ0v) is 19.4. The standard InChI is InChI=1S/C13H22N3O14P3/c1-2-5-25-8-26-9-6-12(16-4-3-11(14)15-13(16)17)28-10(9)7-27-32(21,22)30-33(23,24)29-31(18,19)20/h2-4,9-10,12H,1,5-8H2,(H,21,22)(H,23,24)(H2,14,15,17)(H2,18,19,20)/t9?,10-,12-/m1/s1. The summed E-state index contributed by atoms with van der Waals surface area (Å²) in [4.78, 5) is 51.6. The van der Waals surface area contributed by atoms with E-state index in [1.165, 1.54) is 18.3 Å². The summed E-state index contributed by atoms with van der Waals surface area (Å²) in [5, 5.41) is 0. The Hall–Kier alpha value is -1.29. The van der Waals surface area contributed by atoms with Crippen LogP contribution in [0.4, 0.5) is 5.82 Å². The van der Waals surface area contributed by atoms with Crippen molar-refractivity contribution in [2.45, 2.75) is 24.9 Å². The lowest BCUT2D eigenvalue weighted by Crippen LogP contribution is -2.30. The van der Waals surface area contributed by atoms with Gasteiger partial charge in [0.1, 0.15) is 24.9 Å². The van der Waals surface area contributed by atoms with E-state index in [1.807, 2.05) is 0 Å². The van der Waals surface area contributed by atoms with Crippen LogP contribution in [0.25, 0.3) is 0 Å². The summed E-state index contributed by atoms with van der Waals surface area (Å²) in [5.41, 5.74) is 4.71. The molecule has 0 aliphatic carbocycles. The van der Waals surface area contributed by atoms with Gasteiger partial charge in [0, 0.05) is 12.6 Å². The summed E-state index contributed by atoms with van der Waals surface area (Å²) in [6, 6.07) is 1.34. The van der Waals surface area contributed by atoms with Crippen molar-refractivity contribution in [2.24, 2.45) is 0 Å². The second kappa shape index (κ2) is 11.4. The van der Waals surface area contributed by atoms with Gasteiger partial charge < -0.3 is 39.5 Å². The van der Waals surface area contributed by atoms with Gasteiger partial charge in [0.25, 0.3) is 0 Å². The highest BCUT2D eigenvalue weighted by molar-refractivity contribution is 7.66. The molecule has 1 aromatic rings. The Morgan fingerprint density at radius 1 is 1.24 bits per heavy atom. The number of phosphoric acid groups is 3. The number of nitrogen functional groups attached to an aromatic ring is 1. The second-order valence-electron chi connectivity index (χ2n) is 6.28. The van der Waals surface area contributed by atoms with E-state index >= 15 is 0 Å². The summed E-state index contributed by atoms with van der Waals surface area (Å²) < 4.78 is 63.3. The topological polar surface area (TPSA) is 248 Å². The molecule has 20 heteroatoms. The fourth-order valence-corrected chi connectivity index (χ4v) is 5.61. The molecule has 1 aromatic heterocycles. The van der Waals surface area contributed by atoms with Gasteiger partial charge in [0.05, 0.1) is 19.3 Å². The minimum absolute atomic E-state index is 0.0240. The maximum atomic E-state index is 12.1. The summed E-state index contributed by atoms with van der Waals surface area (Å²) >= 11 is 0. The van der Waals surface area contributed by atoms with Crippen molar-refractivity contribution in [1.82, 2.24) is 9.55 Å². The molecule has 0 amide bonds. The molecule has 1 fully saturated rings. The van der Waals surface area contributed by atoms with Gasteiger partial charge in [-0.2, -0.15) is 13.6 Å². The van der Waals surface area contributed by atoms with E-state index in [4.69, 9.17) is 29.7 Å². The van der Waals surface area contributed by atoms with E-state index in [2.05, 4.69) is 24.7 Å². The highest BCUT2D eigenvalue weighted by atomic mass is 31.3. The number of nitrogens with zero attached hydrogens (tertiary/aromatic N) is 2. The molecule has 1 aliphatic heterocycles. The lowest BCUT2D eigenvalue weighted by molar-refractivity contribution is -0.113. The van der Waals surface area contributed by atoms with Crippen LogP contribution < -0.4 is 11.4 Å². The van der Waals surface area contributed by atoms with E-state index < -0.39 is 54.2 Å². The Morgan fingerprint density at radius 3 is 2.55 bits per heavy atom. The minimum Gasteiger partial charge on any atom is -0.383 e. The van der Waals surface area contributed by atoms with Gasteiger partial charge in [-0.25, -0.2) is 18.5 Å². The van der Waals surface area contributed by atoms with Crippen molar-refractivity contribution in [3.05, 3.63) is 35.4 Å². The van der Waals surface area contributed by atoms with Crippen LogP contribution in [0.2, 0.25) is 0 Å². The van der Waals surface area contributed by atoms with Crippen LogP contribution in [0.5, 0.6) is 0 Å². The molecule has 0 aromatic carbocycles. The Balaban J connectivity index is 2.09. The molecule has 33 heavy (non-hydrogen) atoms. The molecule has 3 unspecified atom stereocenters. The Bertz CT molecular complexity index is 1030. The van der Waals surface area contributed by atoms with Crippen molar-refractivity contribution >= 4 is 29.3 Å². The van der Waals surface area contributed by atoms with Crippen molar-refractivity contribution < 1.29 is 60.6 Å². The van der Waals surface area contributed by atoms with Gasteiger partial charge in [-0.3, -0.25) is 9.09 Å². The first-order valence-electron chi connectivity index (χ1n) is 8.80. The maximum Gasteiger partial charge on any atom is 0.490 e. The largest absolute Gasteiger partial charge is 0.490 e. The number of nitrogens with two attached hydrogens (primary N) is 1. The van der Waals surface area contributed by atoms with E-state index in [0.717, 1.165) is 4.57 Å². The Kier molecular flexibility index (Phi) is 9.68. The van der Waals surface area contributed by atoms with Crippen LogP contribution in [0.1, 0.15) is 12.6 Å². The summed E-state index contributed by atoms with van der Waals surface area (Å²) in [5.74, 6) is -0.0240. The summed E-state index contributed by atoms with van der Waals surface area (Å²) in [6.07, 6.45) is -0.139. The van der Waals surface area contributed by atoms with E-state index in [9.17, 15) is 28.3 Å². The van der Waals surface area contributed by atoms with Crippen LogP contribution >= 0.6 is 23.5 Å². The molecule has 0 bridgehead atoms. The average molecular weight is 537 g/mol. The maximum absolute atomic E-state index is 12.1. The predicted octanol–water partition coefficient (Wildman–Crippen LogP) is 0.00160. The molecule has 17 nitrogen and oxygen atoms in total. The van der Waals surface area contributed by atoms with Gasteiger partial charge in [-0.1, -0.05) is 6.08 Å². The van der Waals surface area contributed by atoms with Crippen LogP contribution in [-0.2, 0) is 41.1 Å². The zero-order chi connectivity index (χ0) is 24.9. The van der Waals surface area contributed by atoms with E-state index in [-0.39, 0.29) is 25.6 Å². The summed E-state index contributed by atoms with van der Waals surface area (Å²) in [6.45, 7) is 2.61. The fraction of sp³-hybridized carbons (Fsp3) is 0.538. The predicted molar refractivity (Wildman–Crippen MR) is 107 cm³/mol. The molecule has 5 atom stereocenters. The van der Waals surface area contributed by atoms with Crippen molar-refractivity contribution in [2.75, 3.05) is 25.7 Å². The van der Waals surface area contributed by atoms with E-state index in [0.29, 0.717) is 0 Å². The molecule has 1 aliphatic rings. The van der Waals surface area contributed by atoms with Crippen LogP contribution in [0.3, 0.4) is 0 Å². The Labute approximate surface area is 186 Å². The Morgan fingerprint density at radius 2 is 1.94 bits per heavy atom. The van der Waals surface area contributed by atoms with Crippen molar-refractivity contribution in [1.29, 1.82) is 0 Å². The normalized spacial score (nSPS) is 24.8. The fourth-order valence-electron chi connectivity index (χ4n) is 2.58. The molecule has 1 saturated heterocycles. The van der Waals surface area contributed by atoms with Crippen LogP contribution in [-0.4, -0.2) is 61.3 Å². The van der Waals surface area contributed by atoms with E-state index in [1.54, 1.807) is 0 Å². The van der Waals surface area contributed by atoms with Gasteiger partial charge >= 0.3 is 29.2 Å². The molecular weight excluding hydrogens is 515 g/mol. The quantitative estimate of drug-likeness (QED) is 0.0961. The van der Waals surface area contributed by atoms with Crippen molar-refractivity contribution in [3.8, 4) is 0 Å². The van der Waals surface area contributed by atoms with Gasteiger partial charge in [-0.15, -0.1) is 6.58 Å². The molecule has 6 N–H and O–H groups in total. The summed E-state index contributed by atoms with van der Waals surface area (Å²) in [7, 11) is -16.6. The third-order valence-electron chi connectivity index (χ3n) is 3.76. The molecule has 2 heterocycles. The first-order chi connectivity index (χ1) is 15.2. The smallest absolute Gasteiger partial charge is 0.383 e. The van der Waals surface area contributed by atoms with Crippen LogP contribution in [0.15, 0.2) is 29.7 Å². The monoisotopic (exact) mass is 537 g/mol. The number of phosphoric ester groups is 1. The van der Waals surface area contributed by atoms with Gasteiger partial charge in [0.2, 0.25) is 0 Å². The first kappa shape index (κ1) is 28.0. The zero-order valence-electron chi connectivity index (χ0n) is 16.7. The third-order valence-corrected chi connectivity index (χ3v) is 7.56.